The Balaban J connectivity index is 2.26. The smallest absolute Gasteiger partial charge is 0.420 e. The molecule has 2 aromatic carbocycles. The maximum absolute atomic E-state index is 15.5. The number of benzene rings is 2. The number of alkyl halides is 7. The van der Waals surface area contributed by atoms with E-state index in [1.165, 1.54) is 0 Å². The van der Waals surface area contributed by atoms with Gasteiger partial charge in [-0.1, -0.05) is 0 Å². The number of carboxylic acids is 1. The number of ether oxygens (including phenoxy) is 1. The highest BCUT2D eigenvalue weighted by Gasteiger charge is 2.46. The maximum Gasteiger partial charge on any atom is 0.420 e. The van der Waals surface area contributed by atoms with Gasteiger partial charge in [-0.2, -0.15) is 26.3 Å². The molecular weight excluding hydrogens is 566 g/mol. The van der Waals surface area contributed by atoms with Gasteiger partial charge in [-0.25, -0.2) is 17.2 Å². The first-order chi connectivity index (χ1) is 17.7. The van der Waals surface area contributed by atoms with Crippen molar-refractivity contribution in [3.8, 4) is 5.75 Å². The van der Waals surface area contributed by atoms with Crippen LogP contribution in [0.5, 0.6) is 5.75 Å². The molecule has 1 aliphatic rings. The van der Waals surface area contributed by atoms with Crippen LogP contribution >= 0.6 is 0 Å². The zero-order valence-electron chi connectivity index (χ0n) is 20.4. The van der Waals surface area contributed by atoms with E-state index in [9.17, 15) is 49.1 Å². The summed E-state index contributed by atoms with van der Waals surface area (Å²) >= 11 is 0. The van der Waals surface area contributed by atoms with Gasteiger partial charge in [0.05, 0.1) is 21.6 Å². The molecule has 0 unspecified atom stereocenters. The summed E-state index contributed by atoms with van der Waals surface area (Å²) in [6, 6.07) is 4.62. The number of aliphatic carboxylic acids is 1. The zero-order valence-corrected chi connectivity index (χ0v) is 21.2. The normalized spacial score (nSPS) is 19.8. The minimum Gasteiger partial charge on any atom is -0.492 e. The lowest BCUT2D eigenvalue weighted by Gasteiger charge is -2.29. The third kappa shape index (κ3) is 6.73. The average molecular weight is 590 g/mol. The number of anilines is 2. The van der Waals surface area contributed by atoms with Gasteiger partial charge >= 0.3 is 18.3 Å². The summed E-state index contributed by atoms with van der Waals surface area (Å²) in [4.78, 5) is 11.3. The number of fused-ring (bicyclic) bond motifs is 1. The summed E-state index contributed by atoms with van der Waals surface area (Å²) in [7, 11) is -5.19. The van der Waals surface area contributed by atoms with Gasteiger partial charge in [0.25, 0.3) is 0 Å². The van der Waals surface area contributed by atoms with Crippen molar-refractivity contribution in [2.75, 3.05) is 18.1 Å². The second kappa shape index (κ2) is 10.5. The maximum atomic E-state index is 15.5. The number of rotatable bonds is 7. The van der Waals surface area contributed by atoms with E-state index in [1.807, 2.05) is 0 Å². The Morgan fingerprint density at radius 3 is 2.18 bits per heavy atom. The van der Waals surface area contributed by atoms with E-state index in [-0.39, 0.29) is 5.69 Å². The molecule has 216 valence electrons. The van der Waals surface area contributed by atoms with Crippen molar-refractivity contribution < 1.29 is 58.2 Å². The van der Waals surface area contributed by atoms with Gasteiger partial charge in [0.1, 0.15) is 18.2 Å². The largest absolute Gasteiger partial charge is 0.492 e. The quantitative estimate of drug-likeness (QED) is 0.371. The molecule has 3 rings (SSSR count). The summed E-state index contributed by atoms with van der Waals surface area (Å²) in [5, 5.41) is 9.25. The summed E-state index contributed by atoms with van der Waals surface area (Å²) in [5.74, 6) is -5.14. The van der Waals surface area contributed by atoms with Crippen molar-refractivity contribution in [3.63, 3.8) is 0 Å². The first-order valence-corrected chi connectivity index (χ1v) is 12.9. The SMILES string of the molecule is CC(C)(COc1cc2c(cc1C(F)(F)F)N(c1ccc(F)cc1)C[C@@H](CCC(F)(F)F)[C@@H](F)S2(=O)=O)C(=O)O. The van der Waals surface area contributed by atoms with E-state index < -0.39 is 98.7 Å². The molecule has 1 aliphatic heterocycles. The standard InChI is InChI=1S/C24H23F8NO5S/c1-22(2,21(34)35)12-38-18-10-19-17(9-16(18)24(30,31)32)33(15-5-3-14(25)4-6-15)11-13(7-8-23(27,28)29)20(26)39(19,36)37/h3-6,9-10,13,20H,7-8,11-12H2,1-2H3,(H,34,35)/t13-,20+/m1/s1. The highest BCUT2D eigenvalue weighted by Crippen LogP contribution is 2.47. The van der Waals surface area contributed by atoms with Crippen LogP contribution in [-0.4, -0.2) is 44.3 Å². The minimum atomic E-state index is -5.19. The van der Waals surface area contributed by atoms with Crippen LogP contribution in [-0.2, 0) is 20.8 Å². The predicted octanol–water partition coefficient (Wildman–Crippen LogP) is 6.51. The van der Waals surface area contributed by atoms with Crippen molar-refractivity contribution in [3.05, 3.63) is 47.8 Å². The molecule has 0 saturated heterocycles. The Hall–Kier alpha value is -3.10. The first-order valence-electron chi connectivity index (χ1n) is 11.3. The summed E-state index contributed by atoms with van der Waals surface area (Å²) in [6.45, 7) is 0.668. The van der Waals surface area contributed by atoms with E-state index in [2.05, 4.69) is 0 Å². The molecule has 6 nitrogen and oxygen atoms in total. The molecular formula is C24H23F8NO5S. The van der Waals surface area contributed by atoms with Crippen LogP contribution in [0, 0.1) is 17.2 Å². The number of sulfone groups is 1. The second-order valence-corrected chi connectivity index (χ2v) is 11.7. The zero-order chi connectivity index (χ0) is 29.6. The number of hydrogen-bond donors (Lipinski definition) is 1. The average Bonchev–Trinajstić information content (AvgIpc) is 2.88. The predicted molar refractivity (Wildman–Crippen MR) is 123 cm³/mol. The van der Waals surface area contributed by atoms with Crippen molar-refractivity contribution in [2.45, 2.75) is 49.4 Å². The lowest BCUT2D eigenvalue weighted by Crippen LogP contribution is -2.32. The molecule has 0 fully saturated rings. The van der Waals surface area contributed by atoms with Gasteiger partial charge in [-0.3, -0.25) is 4.79 Å². The minimum absolute atomic E-state index is 0.104. The fraction of sp³-hybridized carbons (Fsp3) is 0.458. The van der Waals surface area contributed by atoms with Crippen LogP contribution in [0.3, 0.4) is 0 Å². The Morgan fingerprint density at radius 2 is 1.67 bits per heavy atom. The van der Waals surface area contributed by atoms with Crippen molar-refractivity contribution in [1.82, 2.24) is 0 Å². The highest BCUT2D eigenvalue weighted by atomic mass is 32.2. The molecule has 0 amide bonds. The number of nitrogens with zero attached hydrogens (tertiary/aromatic N) is 1. The Kier molecular flexibility index (Phi) is 8.17. The molecule has 15 heteroatoms. The number of halogens is 8. The van der Waals surface area contributed by atoms with Crippen LogP contribution in [0.25, 0.3) is 0 Å². The second-order valence-electron chi connectivity index (χ2n) is 9.69. The van der Waals surface area contributed by atoms with Crippen LogP contribution in [0.15, 0.2) is 41.3 Å². The molecule has 1 heterocycles. The lowest BCUT2D eigenvalue weighted by molar-refractivity contribution is -0.148. The molecule has 0 bridgehead atoms. The summed E-state index contributed by atoms with van der Waals surface area (Å²) in [5.41, 5.74) is -7.00. The summed E-state index contributed by atoms with van der Waals surface area (Å²) < 4.78 is 142. The van der Waals surface area contributed by atoms with Gasteiger partial charge in [0.2, 0.25) is 15.3 Å². The molecule has 39 heavy (non-hydrogen) atoms. The van der Waals surface area contributed by atoms with Crippen molar-refractivity contribution in [2.24, 2.45) is 11.3 Å². The van der Waals surface area contributed by atoms with Crippen LogP contribution in [0.4, 0.5) is 46.5 Å². The monoisotopic (exact) mass is 589 g/mol. The van der Waals surface area contributed by atoms with E-state index in [1.54, 1.807) is 0 Å². The third-order valence-electron chi connectivity index (χ3n) is 6.15. The molecule has 2 atom stereocenters. The number of carbonyl (C=O) groups is 1. The van der Waals surface area contributed by atoms with Crippen LogP contribution < -0.4 is 9.64 Å². The number of hydrogen-bond acceptors (Lipinski definition) is 5. The van der Waals surface area contributed by atoms with Crippen LogP contribution in [0.2, 0.25) is 0 Å². The highest BCUT2D eigenvalue weighted by molar-refractivity contribution is 7.92. The van der Waals surface area contributed by atoms with E-state index in [4.69, 9.17) is 4.74 Å². The fourth-order valence-electron chi connectivity index (χ4n) is 3.88. The topological polar surface area (TPSA) is 83.9 Å². The van der Waals surface area contributed by atoms with E-state index in [0.717, 1.165) is 43.0 Å². The fourth-order valence-corrected chi connectivity index (χ4v) is 5.58. The Labute approximate surface area is 218 Å². The molecule has 1 N–H and O–H groups in total. The molecule has 2 aromatic rings. The van der Waals surface area contributed by atoms with Gasteiger partial charge in [0, 0.05) is 30.6 Å². The molecule has 0 saturated carbocycles. The molecule has 0 aromatic heterocycles. The van der Waals surface area contributed by atoms with Gasteiger partial charge < -0.3 is 14.7 Å². The van der Waals surface area contributed by atoms with E-state index in [0.29, 0.717) is 12.1 Å². The number of carboxylic acid groups (broad SMARTS) is 1. The van der Waals surface area contributed by atoms with Gasteiger partial charge in [-0.05, 0) is 50.6 Å². The van der Waals surface area contributed by atoms with E-state index >= 15 is 4.39 Å². The first kappa shape index (κ1) is 30.4. The lowest BCUT2D eigenvalue weighted by atomic mass is 9.95. The third-order valence-corrected chi connectivity index (χ3v) is 8.07. The summed E-state index contributed by atoms with van der Waals surface area (Å²) in [6.07, 6.45) is -12.5. The molecule has 0 radical (unpaired) electrons. The Bertz CT molecular complexity index is 1320. The molecule has 0 spiro atoms. The Morgan fingerprint density at radius 1 is 1.08 bits per heavy atom. The van der Waals surface area contributed by atoms with Gasteiger partial charge in [-0.15, -0.1) is 0 Å². The molecule has 0 aliphatic carbocycles. The van der Waals surface area contributed by atoms with Crippen LogP contribution in [0.1, 0.15) is 32.3 Å². The van der Waals surface area contributed by atoms with Crippen molar-refractivity contribution in [1.29, 1.82) is 0 Å². The van der Waals surface area contributed by atoms with Crippen molar-refractivity contribution >= 4 is 27.2 Å². The van der Waals surface area contributed by atoms with Gasteiger partial charge in [0.15, 0.2) is 0 Å².